The molecule has 1 atom stereocenters. The molecule has 0 bridgehead atoms. The van der Waals surface area contributed by atoms with Gasteiger partial charge in [0.15, 0.2) is 0 Å². The largest absolute Gasteiger partial charge is 0.324 e. The van der Waals surface area contributed by atoms with Gasteiger partial charge in [-0.15, -0.1) is 11.3 Å². The summed E-state index contributed by atoms with van der Waals surface area (Å²) in [6.45, 7) is 0. The number of rotatable bonds is 5. The molecule has 0 radical (unpaired) electrons. The number of sulfonamides is 1. The van der Waals surface area contributed by atoms with Gasteiger partial charge in [-0.3, -0.25) is 9.52 Å². The Morgan fingerprint density at radius 2 is 1.88 bits per heavy atom. The summed E-state index contributed by atoms with van der Waals surface area (Å²) in [6.07, 6.45) is 6.51. The van der Waals surface area contributed by atoms with E-state index in [-0.39, 0.29) is 16.0 Å². The summed E-state index contributed by atoms with van der Waals surface area (Å²) >= 11 is 1.15. The van der Waals surface area contributed by atoms with Crippen molar-refractivity contribution in [3.8, 4) is 0 Å². The zero-order chi connectivity index (χ0) is 17.0. The average molecular weight is 362 g/mol. The number of carbonyl (C=O) groups is 1. The normalized spacial score (nSPS) is 17.4. The molecule has 1 aromatic heterocycles. The Kier molecular flexibility index (Phi) is 5.01. The van der Waals surface area contributed by atoms with E-state index in [2.05, 4.69) is 16.1 Å². The topological polar surface area (TPSA) is 75.3 Å². The maximum Gasteiger partial charge on any atom is 0.271 e. The number of benzene rings is 1. The van der Waals surface area contributed by atoms with Crippen LogP contribution in [0.2, 0.25) is 0 Å². The zero-order valence-corrected chi connectivity index (χ0v) is 14.6. The van der Waals surface area contributed by atoms with Crippen LogP contribution in [0, 0.1) is 5.92 Å². The van der Waals surface area contributed by atoms with Crippen LogP contribution in [0.3, 0.4) is 0 Å². The number of anilines is 2. The molecule has 2 N–H and O–H groups in total. The maximum atomic E-state index is 12.4. The van der Waals surface area contributed by atoms with Crippen molar-refractivity contribution in [2.45, 2.75) is 23.5 Å². The van der Waals surface area contributed by atoms with Crippen LogP contribution in [0.5, 0.6) is 0 Å². The quantitative estimate of drug-likeness (QED) is 0.794. The average Bonchev–Trinajstić information content (AvgIpc) is 3.13. The molecule has 0 fully saturated rings. The Labute approximate surface area is 145 Å². The van der Waals surface area contributed by atoms with Gasteiger partial charge in [0, 0.05) is 5.92 Å². The lowest BCUT2D eigenvalue weighted by Gasteiger charge is -2.19. The fourth-order valence-corrected chi connectivity index (χ4v) is 4.63. The number of allylic oxidation sites excluding steroid dienone is 2. The molecule has 0 spiro atoms. The number of carbonyl (C=O) groups excluding carboxylic acids is 1. The minimum atomic E-state index is -3.65. The molecule has 0 saturated heterocycles. The molecule has 126 valence electrons. The molecule has 1 unspecified atom stereocenters. The Bertz CT molecular complexity index is 842. The van der Waals surface area contributed by atoms with Crippen molar-refractivity contribution in [2.24, 2.45) is 5.92 Å². The lowest BCUT2D eigenvalue weighted by atomic mass is 9.93. The van der Waals surface area contributed by atoms with Gasteiger partial charge in [0.1, 0.15) is 4.21 Å². The second-order valence-electron chi connectivity index (χ2n) is 5.55. The number of amides is 1. The van der Waals surface area contributed by atoms with Crippen molar-refractivity contribution >= 4 is 38.6 Å². The summed E-state index contributed by atoms with van der Waals surface area (Å²) < 4.78 is 27.5. The number of thiophene rings is 1. The van der Waals surface area contributed by atoms with Gasteiger partial charge in [-0.05, 0) is 42.8 Å². The summed E-state index contributed by atoms with van der Waals surface area (Å²) in [5, 5.41) is 4.56. The van der Waals surface area contributed by atoms with Crippen molar-refractivity contribution in [1.82, 2.24) is 0 Å². The first-order chi connectivity index (χ1) is 11.6. The molecule has 0 aliphatic heterocycles. The monoisotopic (exact) mass is 362 g/mol. The molecule has 24 heavy (non-hydrogen) atoms. The van der Waals surface area contributed by atoms with E-state index < -0.39 is 10.0 Å². The fraction of sp³-hybridized carbons (Fsp3) is 0.235. The summed E-state index contributed by atoms with van der Waals surface area (Å²) in [4.78, 5) is 12.4. The van der Waals surface area contributed by atoms with Crippen LogP contribution in [-0.2, 0) is 14.8 Å². The summed E-state index contributed by atoms with van der Waals surface area (Å²) in [7, 11) is -3.65. The van der Waals surface area contributed by atoms with Crippen LogP contribution in [0.15, 0.2) is 58.1 Å². The third-order valence-electron chi connectivity index (χ3n) is 3.83. The molecule has 0 saturated carbocycles. The van der Waals surface area contributed by atoms with E-state index in [1.54, 1.807) is 41.8 Å². The van der Waals surface area contributed by atoms with E-state index in [1.807, 2.05) is 6.08 Å². The number of nitrogens with one attached hydrogen (secondary N) is 2. The molecule has 3 rings (SSSR count). The van der Waals surface area contributed by atoms with Crippen molar-refractivity contribution in [2.75, 3.05) is 10.0 Å². The summed E-state index contributed by atoms with van der Waals surface area (Å²) in [5.41, 5.74) is 0.836. The van der Waals surface area contributed by atoms with Gasteiger partial charge >= 0.3 is 0 Å². The van der Waals surface area contributed by atoms with E-state index >= 15 is 0 Å². The number of hydrogen-bond donors (Lipinski definition) is 2. The minimum absolute atomic E-state index is 0.0723. The predicted molar refractivity (Wildman–Crippen MR) is 96.7 cm³/mol. The van der Waals surface area contributed by atoms with Crippen molar-refractivity contribution in [1.29, 1.82) is 0 Å². The lowest BCUT2D eigenvalue weighted by Crippen LogP contribution is -2.24. The Morgan fingerprint density at radius 1 is 1.08 bits per heavy atom. The zero-order valence-electron chi connectivity index (χ0n) is 12.9. The van der Waals surface area contributed by atoms with E-state index in [0.29, 0.717) is 11.4 Å². The predicted octanol–water partition coefficient (Wildman–Crippen LogP) is 3.84. The van der Waals surface area contributed by atoms with Gasteiger partial charge in [-0.25, -0.2) is 8.42 Å². The van der Waals surface area contributed by atoms with Gasteiger partial charge in [0.25, 0.3) is 10.0 Å². The van der Waals surface area contributed by atoms with Crippen LogP contribution in [0.1, 0.15) is 19.3 Å². The first-order valence-electron chi connectivity index (χ1n) is 7.67. The second-order valence-corrected chi connectivity index (χ2v) is 8.41. The molecule has 7 heteroatoms. The fourth-order valence-electron chi connectivity index (χ4n) is 2.56. The number of para-hydroxylation sites is 2. The smallest absolute Gasteiger partial charge is 0.271 e. The molecule has 2 aromatic rings. The van der Waals surface area contributed by atoms with Gasteiger partial charge in [-0.1, -0.05) is 30.4 Å². The molecule has 1 amide bonds. The SMILES string of the molecule is O=C(Nc1ccccc1NS(=O)(=O)c1cccs1)C1CC=CCC1. The van der Waals surface area contributed by atoms with Crippen LogP contribution >= 0.6 is 11.3 Å². The lowest BCUT2D eigenvalue weighted by molar-refractivity contribution is -0.120. The third kappa shape index (κ3) is 3.85. The highest BCUT2D eigenvalue weighted by Crippen LogP contribution is 2.27. The third-order valence-corrected chi connectivity index (χ3v) is 6.59. The molecule has 1 aliphatic rings. The van der Waals surface area contributed by atoms with Gasteiger partial charge < -0.3 is 5.32 Å². The molecule has 1 aliphatic carbocycles. The first-order valence-corrected chi connectivity index (χ1v) is 10.0. The van der Waals surface area contributed by atoms with E-state index in [9.17, 15) is 13.2 Å². The van der Waals surface area contributed by atoms with Crippen LogP contribution in [0.25, 0.3) is 0 Å². The van der Waals surface area contributed by atoms with Crippen LogP contribution in [-0.4, -0.2) is 14.3 Å². The van der Waals surface area contributed by atoms with Gasteiger partial charge in [-0.2, -0.15) is 0 Å². The van der Waals surface area contributed by atoms with Crippen LogP contribution < -0.4 is 10.0 Å². The van der Waals surface area contributed by atoms with E-state index in [0.717, 1.165) is 30.6 Å². The second kappa shape index (κ2) is 7.19. The van der Waals surface area contributed by atoms with E-state index in [1.165, 1.54) is 0 Å². The standard InChI is InChI=1S/C17H18N2O3S2/c20-17(13-7-2-1-3-8-13)18-14-9-4-5-10-15(14)19-24(21,22)16-11-6-12-23-16/h1-2,4-6,9-13,19H,3,7-8H2,(H,18,20). The molecule has 5 nitrogen and oxygen atoms in total. The molecular weight excluding hydrogens is 344 g/mol. The van der Waals surface area contributed by atoms with Gasteiger partial charge in [0.2, 0.25) is 5.91 Å². The molecule has 1 heterocycles. The summed E-state index contributed by atoms with van der Waals surface area (Å²) in [6, 6.07) is 10.1. The molecular formula is C17H18N2O3S2. The minimum Gasteiger partial charge on any atom is -0.324 e. The van der Waals surface area contributed by atoms with Crippen molar-refractivity contribution in [3.05, 3.63) is 53.9 Å². The van der Waals surface area contributed by atoms with Crippen molar-refractivity contribution < 1.29 is 13.2 Å². The first kappa shape index (κ1) is 16.7. The van der Waals surface area contributed by atoms with Crippen LogP contribution in [0.4, 0.5) is 11.4 Å². The highest BCUT2D eigenvalue weighted by atomic mass is 32.2. The summed E-state index contributed by atoms with van der Waals surface area (Å²) in [5.74, 6) is -0.154. The highest BCUT2D eigenvalue weighted by Gasteiger charge is 2.21. The Balaban J connectivity index is 1.78. The molecule has 1 aromatic carbocycles. The Hall–Kier alpha value is -2.12. The van der Waals surface area contributed by atoms with Gasteiger partial charge in [0.05, 0.1) is 11.4 Å². The van der Waals surface area contributed by atoms with E-state index in [4.69, 9.17) is 0 Å². The Morgan fingerprint density at radius 3 is 2.54 bits per heavy atom. The highest BCUT2D eigenvalue weighted by molar-refractivity contribution is 7.94. The van der Waals surface area contributed by atoms with Crippen molar-refractivity contribution in [3.63, 3.8) is 0 Å². The maximum absolute atomic E-state index is 12.4. The number of hydrogen-bond acceptors (Lipinski definition) is 4.